The number of imide groups is 1. The number of benzene rings is 4. The smallest absolute Gasteiger partial charge is 0.416 e. The molecule has 2 amide bonds. The second-order valence-electron chi connectivity index (χ2n) is 9.37. The first-order chi connectivity index (χ1) is 19.2. The van der Waals surface area contributed by atoms with Crippen molar-refractivity contribution >= 4 is 17.4 Å². The minimum atomic E-state index is -4.47. The lowest BCUT2D eigenvalue weighted by Crippen LogP contribution is -2.39. The van der Waals surface area contributed by atoms with Gasteiger partial charge in [-0.25, -0.2) is 0 Å². The van der Waals surface area contributed by atoms with Gasteiger partial charge in [-0.1, -0.05) is 66.7 Å². The highest BCUT2D eigenvalue weighted by Gasteiger charge is 2.31. The number of amides is 2. The number of rotatable bonds is 5. The molecule has 0 saturated heterocycles. The molecule has 4 aromatic carbocycles. The van der Waals surface area contributed by atoms with Gasteiger partial charge in [-0.2, -0.15) is 13.2 Å². The number of hydrogen-bond donors (Lipinski definition) is 1. The Morgan fingerprint density at radius 2 is 1.48 bits per heavy atom. The highest BCUT2D eigenvalue weighted by molar-refractivity contribution is 6.15. The molecule has 0 unspecified atom stereocenters. The van der Waals surface area contributed by atoms with E-state index >= 15 is 0 Å². The number of halogens is 3. The first-order valence-corrected chi connectivity index (χ1v) is 12.5. The average Bonchev–Trinajstić information content (AvgIpc) is 2.96. The molecule has 0 radical (unpaired) electrons. The van der Waals surface area contributed by atoms with Crippen molar-refractivity contribution in [2.24, 2.45) is 0 Å². The predicted octanol–water partition coefficient (Wildman–Crippen LogP) is 6.54. The maximum absolute atomic E-state index is 13.8. The van der Waals surface area contributed by atoms with Crippen LogP contribution < -0.4 is 10.1 Å². The van der Waals surface area contributed by atoms with Crippen LogP contribution in [-0.2, 0) is 17.5 Å². The average molecular weight is 543 g/mol. The number of nitrogens with one attached hydrogen (secondary N) is 1. The van der Waals surface area contributed by atoms with Gasteiger partial charge in [0.25, 0.3) is 11.8 Å². The third-order valence-corrected chi connectivity index (χ3v) is 6.81. The molecule has 1 N–H and O–H groups in total. The summed E-state index contributed by atoms with van der Waals surface area (Å²) in [6.07, 6.45) is -4.47. The lowest BCUT2D eigenvalue weighted by Gasteiger charge is -2.32. The number of fused-ring (bicyclic) bond motifs is 1. The van der Waals surface area contributed by atoms with Gasteiger partial charge in [0.15, 0.2) is 0 Å². The summed E-state index contributed by atoms with van der Waals surface area (Å²) >= 11 is 0. The number of alkyl halides is 3. The van der Waals surface area contributed by atoms with E-state index < -0.39 is 23.6 Å². The fraction of sp³-hybridized carbons (Fsp3) is 0.125. The molecule has 0 saturated carbocycles. The largest absolute Gasteiger partial charge is 0.497 e. The number of carbonyl (C=O) groups is 2. The van der Waals surface area contributed by atoms with Crippen LogP contribution in [0, 0.1) is 0 Å². The molecule has 4 aromatic rings. The Morgan fingerprint density at radius 1 is 0.800 bits per heavy atom. The van der Waals surface area contributed by atoms with Crippen molar-refractivity contribution < 1.29 is 27.5 Å². The molecule has 0 fully saturated rings. The number of nitrogens with zero attached hydrogens (tertiary/aromatic N) is 1. The number of methoxy groups -OCH3 is 1. The van der Waals surface area contributed by atoms with Gasteiger partial charge in [0.2, 0.25) is 0 Å². The van der Waals surface area contributed by atoms with E-state index in [2.05, 4.69) is 5.32 Å². The second kappa shape index (κ2) is 10.7. The Kier molecular flexibility index (Phi) is 7.17. The summed E-state index contributed by atoms with van der Waals surface area (Å²) in [5, 5.41) is 2.51. The first-order valence-electron chi connectivity index (χ1n) is 12.5. The lowest BCUT2D eigenvalue weighted by molar-refractivity contribution is -0.137. The highest BCUT2D eigenvalue weighted by Crippen LogP contribution is 2.38. The molecule has 8 heteroatoms. The fourth-order valence-corrected chi connectivity index (χ4v) is 4.89. The third kappa shape index (κ3) is 5.20. The van der Waals surface area contributed by atoms with Crippen molar-refractivity contribution in [2.45, 2.75) is 12.7 Å². The second-order valence-corrected chi connectivity index (χ2v) is 9.37. The van der Waals surface area contributed by atoms with E-state index in [0.29, 0.717) is 34.7 Å². The van der Waals surface area contributed by atoms with Crippen molar-refractivity contribution in [3.8, 4) is 16.9 Å². The number of hydrogen-bond acceptors (Lipinski definition) is 4. The lowest BCUT2D eigenvalue weighted by atomic mass is 9.88. The number of likely N-dealkylation sites (N-methyl/N-ethyl adjacent to an activating group) is 1. The summed E-state index contributed by atoms with van der Waals surface area (Å²) < 4.78 is 44.6. The molecule has 5 nitrogen and oxygen atoms in total. The molecule has 1 heterocycles. The Hall–Kier alpha value is -4.85. The van der Waals surface area contributed by atoms with E-state index in [9.17, 15) is 22.8 Å². The van der Waals surface area contributed by atoms with E-state index in [4.69, 9.17) is 4.74 Å². The topological polar surface area (TPSA) is 58.6 Å². The molecule has 0 atom stereocenters. The third-order valence-electron chi connectivity index (χ3n) is 6.81. The SMILES string of the molecule is COc1ccc2c(c1)C(c1ccccc1)=C(C(=O)NC(=O)c1ccccc1-c1ccc(C(F)(F)F)cc1)N(C)C2. The summed E-state index contributed by atoms with van der Waals surface area (Å²) in [6.45, 7) is 0.439. The molecule has 0 bridgehead atoms. The monoisotopic (exact) mass is 542 g/mol. The molecule has 202 valence electrons. The Labute approximate surface area is 229 Å². The van der Waals surface area contributed by atoms with E-state index in [1.54, 1.807) is 37.3 Å². The van der Waals surface area contributed by atoms with Crippen LogP contribution >= 0.6 is 0 Å². The molecule has 0 aliphatic carbocycles. The maximum atomic E-state index is 13.8. The van der Waals surface area contributed by atoms with Crippen molar-refractivity contribution in [3.05, 3.63) is 131 Å². The van der Waals surface area contributed by atoms with Crippen molar-refractivity contribution in [1.82, 2.24) is 10.2 Å². The summed E-state index contributed by atoms with van der Waals surface area (Å²) in [7, 11) is 3.36. The predicted molar refractivity (Wildman–Crippen MR) is 146 cm³/mol. The molecule has 1 aliphatic rings. The van der Waals surface area contributed by atoms with Gasteiger partial charge >= 0.3 is 6.18 Å². The Balaban J connectivity index is 1.53. The Bertz CT molecular complexity index is 1610. The normalized spacial score (nSPS) is 13.1. The fourth-order valence-electron chi connectivity index (χ4n) is 4.89. The van der Waals surface area contributed by atoms with Crippen LogP contribution in [0.25, 0.3) is 16.7 Å². The molecule has 5 rings (SSSR count). The van der Waals surface area contributed by atoms with Gasteiger partial charge in [-0.05, 0) is 58.1 Å². The minimum absolute atomic E-state index is 0.165. The van der Waals surface area contributed by atoms with Crippen LogP contribution in [0.1, 0.15) is 32.6 Å². The van der Waals surface area contributed by atoms with Crippen LogP contribution in [0.4, 0.5) is 13.2 Å². The van der Waals surface area contributed by atoms with Gasteiger partial charge in [-0.3, -0.25) is 14.9 Å². The zero-order valence-corrected chi connectivity index (χ0v) is 21.8. The molecule has 0 aromatic heterocycles. The standard InChI is InChI=1S/C32H25F3N2O3/c1-37-19-22-14-17-24(40-2)18-27(22)28(21-8-4-3-5-9-21)29(37)31(39)36-30(38)26-11-7-6-10-25(26)20-12-15-23(16-13-20)32(33,34)35/h3-18H,19H2,1-2H3,(H,36,38,39). The molecular formula is C32H25F3N2O3. The van der Waals surface area contributed by atoms with Gasteiger partial charge in [0.1, 0.15) is 11.4 Å². The quantitative estimate of drug-likeness (QED) is 0.291. The van der Waals surface area contributed by atoms with Crippen molar-refractivity contribution in [1.29, 1.82) is 0 Å². The van der Waals surface area contributed by atoms with E-state index in [-0.39, 0.29) is 5.56 Å². The van der Waals surface area contributed by atoms with Crippen LogP contribution in [0.2, 0.25) is 0 Å². The van der Waals surface area contributed by atoms with Crippen LogP contribution in [0.15, 0.2) is 103 Å². The van der Waals surface area contributed by atoms with E-state index in [1.807, 2.05) is 48.5 Å². The van der Waals surface area contributed by atoms with Gasteiger partial charge < -0.3 is 9.64 Å². The summed E-state index contributed by atoms with van der Waals surface area (Å²) in [6, 6.07) is 26.1. The maximum Gasteiger partial charge on any atom is 0.416 e. The first kappa shape index (κ1) is 26.7. The van der Waals surface area contributed by atoms with Gasteiger partial charge in [0.05, 0.1) is 12.7 Å². The molecule has 1 aliphatic heterocycles. The van der Waals surface area contributed by atoms with Crippen LogP contribution in [0.3, 0.4) is 0 Å². The van der Waals surface area contributed by atoms with Crippen LogP contribution in [0.5, 0.6) is 5.75 Å². The number of carbonyl (C=O) groups excluding carboxylic acids is 2. The minimum Gasteiger partial charge on any atom is -0.497 e. The number of ether oxygens (including phenoxy) is 1. The van der Waals surface area contributed by atoms with E-state index in [1.165, 1.54) is 18.2 Å². The molecule has 40 heavy (non-hydrogen) atoms. The summed E-state index contributed by atoms with van der Waals surface area (Å²) in [5.74, 6) is -0.620. The van der Waals surface area contributed by atoms with Crippen molar-refractivity contribution in [3.63, 3.8) is 0 Å². The van der Waals surface area contributed by atoms with Gasteiger partial charge in [0, 0.05) is 24.7 Å². The highest BCUT2D eigenvalue weighted by atomic mass is 19.4. The summed E-state index contributed by atoms with van der Waals surface area (Å²) in [5.41, 5.74) is 3.80. The Morgan fingerprint density at radius 3 is 2.15 bits per heavy atom. The van der Waals surface area contributed by atoms with E-state index in [0.717, 1.165) is 28.8 Å². The summed E-state index contributed by atoms with van der Waals surface area (Å²) in [4.78, 5) is 29.0. The van der Waals surface area contributed by atoms with Crippen molar-refractivity contribution in [2.75, 3.05) is 14.2 Å². The molecular weight excluding hydrogens is 517 g/mol. The van der Waals surface area contributed by atoms with Gasteiger partial charge in [-0.15, -0.1) is 0 Å². The molecule has 0 spiro atoms. The zero-order chi connectivity index (χ0) is 28.4. The zero-order valence-electron chi connectivity index (χ0n) is 21.8. The van der Waals surface area contributed by atoms with Crippen LogP contribution in [-0.4, -0.2) is 30.9 Å².